The van der Waals surface area contributed by atoms with Crippen molar-refractivity contribution >= 4 is 11.7 Å². The summed E-state index contributed by atoms with van der Waals surface area (Å²) in [5.74, 6) is -0.864. The number of carboxylic acid groups (broad SMARTS) is 1. The Morgan fingerprint density at radius 2 is 2.29 bits per heavy atom. The number of carboxylic acids is 1. The first-order chi connectivity index (χ1) is 8.18. The molecule has 3 rings (SSSR count). The van der Waals surface area contributed by atoms with Gasteiger partial charge in [-0.2, -0.15) is 0 Å². The van der Waals surface area contributed by atoms with Gasteiger partial charge >= 0.3 is 5.97 Å². The van der Waals surface area contributed by atoms with E-state index in [1.54, 1.807) is 6.20 Å². The van der Waals surface area contributed by atoms with E-state index in [0.717, 1.165) is 42.8 Å². The van der Waals surface area contributed by atoms with E-state index in [4.69, 9.17) is 0 Å². The molecule has 0 saturated heterocycles. The zero-order valence-corrected chi connectivity index (χ0v) is 9.71. The Bertz CT molecular complexity index is 516. The van der Waals surface area contributed by atoms with E-state index in [1.165, 1.54) is 5.57 Å². The molecule has 0 fully saturated rings. The highest BCUT2D eigenvalue weighted by molar-refractivity contribution is 5.95. The summed E-state index contributed by atoms with van der Waals surface area (Å²) in [6.07, 6.45) is 4.63. The van der Waals surface area contributed by atoms with Gasteiger partial charge in [0.05, 0.1) is 11.3 Å². The number of aryl methyl sites for hydroxylation is 1. The molecule has 0 bridgehead atoms. The van der Waals surface area contributed by atoms with E-state index in [-0.39, 0.29) is 0 Å². The molecular weight excluding hydrogens is 218 g/mol. The zero-order chi connectivity index (χ0) is 12.0. The van der Waals surface area contributed by atoms with Gasteiger partial charge in [-0.05, 0) is 24.8 Å². The fraction of sp³-hybridized carbons (Fsp3) is 0.417. The summed E-state index contributed by atoms with van der Waals surface area (Å²) in [5, 5.41) is 11.2. The Labute approximate surface area is 99.1 Å². The van der Waals surface area contributed by atoms with E-state index in [0.29, 0.717) is 5.56 Å². The molecule has 1 aromatic heterocycles. The summed E-state index contributed by atoms with van der Waals surface area (Å²) in [6.45, 7) is 0.829. The van der Waals surface area contributed by atoms with Crippen LogP contribution in [0.3, 0.4) is 0 Å². The molecule has 1 aliphatic heterocycles. The second-order valence-electron chi connectivity index (χ2n) is 4.56. The maximum atomic E-state index is 11.3. The minimum Gasteiger partial charge on any atom is -0.478 e. The maximum absolute atomic E-state index is 11.3. The predicted molar refractivity (Wildman–Crippen MR) is 63.4 cm³/mol. The number of fused-ring (bicyclic) bond motifs is 2. The lowest BCUT2D eigenvalue weighted by Crippen LogP contribution is -2.27. The number of H-pyrrole nitrogens is 1. The Balaban J connectivity index is 2.22. The lowest BCUT2D eigenvalue weighted by molar-refractivity contribution is 0.0696. The third-order valence-corrected chi connectivity index (χ3v) is 3.53. The second kappa shape index (κ2) is 3.63. The number of nitrogens with zero attached hydrogens (tertiary/aromatic N) is 1. The highest BCUT2D eigenvalue weighted by Gasteiger charge is 2.29. The quantitative estimate of drug-likeness (QED) is 0.682. The van der Waals surface area contributed by atoms with Crippen molar-refractivity contribution in [3.8, 4) is 0 Å². The third kappa shape index (κ3) is 1.46. The van der Waals surface area contributed by atoms with Crippen molar-refractivity contribution in [1.82, 2.24) is 15.4 Å². The monoisotopic (exact) mass is 233 g/mol. The van der Waals surface area contributed by atoms with Crippen LogP contribution in [-0.4, -0.2) is 34.7 Å². The van der Waals surface area contributed by atoms with Crippen molar-refractivity contribution < 1.29 is 9.90 Å². The van der Waals surface area contributed by atoms with Crippen LogP contribution < -0.4 is 5.43 Å². The average molecular weight is 233 g/mol. The predicted octanol–water partition coefficient (Wildman–Crippen LogP) is 1.21. The number of aromatic amines is 1. The van der Waals surface area contributed by atoms with E-state index in [1.807, 2.05) is 12.1 Å². The highest BCUT2D eigenvalue weighted by atomic mass is 16.4. The lowest BCUT2D eigenvalue weighted by atomic mass is 10.0. The molecule has 0 atom stereocenters. The number of carbonyl (C=O) groups is 1. The molecule has 0 amide bonds. The lowest BCUT2D eigenvalue weighted by Gasteiger charge is -2.17. The topological polar surface area (TPSA) is 68.4 Å². The van der Waals surface area contributed by atoms with Gasteiger partial charge in [0, 0.05) is 31.0 Å². The highest BCUT2D eigenvalue weighted by Crippen LogP contribution is 2.35. The molecule has 2 aliphatic rings. The SMILES string of the molecule is CN1NCC2=C1c1c(C(=O)O)c[nH]c1CCC2. The Morgan fingerprint density at radius 3 is 3.06 bits per heavy atom. The molecule has 1 aromatic rings. The van der Waals surface area contributed by atoms with Crippen LogP contribution >= 0.6 is 0 Å². The molecule has 0 spiro atoms. The van der Waals surface area contributed by atoms with Crippen molar-refractivity contribution in [1.29, 1.82) is 0 Å². The number of aromatic carboxylic acids is 1. The molecule has 90 valence electrons. The van der Waals surface area contributed by atoms with Gasteiger partial charge in [0.25, 0.3) is 0 Å². The molecule has 3 N–H and O–H groups in total. The van der Waals surface area contributed by atoms with E-state index >= 15 is 0 Å². The van der Waals surface area contributed by atoms with Crippen LogP contribution in [0.5, 0.6) is 0 Å². The summed E-state index contributed by atoms with van der Waals surface area (Å²) >= 11 is 0. The zero-order valence-electron chi connectivity index (χ0n) is 9.71. The normalized spacial score (nSPS) is 19.0. The van der Waals surface area contributed by atoms with Crippen molar-refractivity contribution in [3.05, 3.63) is 28.6 Å². The van der Waals surface area contributed by atoms with E-state index in [2.05, 4.69) is 10.4 Å². The van der Waals surface area contributed by atoms with Crippen LogP contribution in [0.1, 0.15) is 34.5 Å². The molecule has 0 saturated carbocycles. The largest absolute Gasteiger partial charge is 0.478 e. The van der Waals surface area contributed by atoms with Gasteiger partial charge in [-0.3, -0.25) is 0 Å². The first-order valence-electron chi connectivity index (χ1n) is 5.81. The fourth-order valence-corrected chi connectivity index (χ4v) is 2.75. The van der Waals surface area contributed by atoms with Crippen LogP contribution in [0.15, 0.2) is 11.8 Å². The minimum atomic E-state index is -0.864. The molecule has 5 heteroatoms. The van der Waals surface area contributed by atoms with Gasteiger partial charge in [0.1, 0.15) is 0 Å². The Hall–Kier alpha value is -1.75. The summed E-state index contributed by atoms with van der Waals surface area (Å²) in [5.41, 5.74) is 7.90. The average Bonchev–Trinajstić information content (AvgIpc) is 2.79. The molecule has 0 aromatic carbocycles. The standard InChI is InChI=1S/C12H15N3O2/c1-15-11-7(5-14-15)3-2-4-9-10(11)8(6-13-9)12(16)17/h6,13-14H,2-5H2,1H3,(H,16,17). The van der Waals surface area contributed by atoms with Gasteiger partial charge < -0.3 is 15.1 Å². The van der Waals surface area contributed by atoms with Crippen LogP contribution in [0.25, 0.3) is 5.70 Å². The van der Waals surface area contributed by atoms with Crippen molar-refractivity contribution in [3.63, 3.8) is 0 Å². The van der Waals surface area contributed by atoms with Crippen LogP contribution in [0, 0.1) is 0 Å². The van der Waals surface area contributed by atoms with Crippen LogP contribution in [-0.2, 0) is 6.42 Å². The van der Waals surface area contributed by atoms with Gasteiger partial charge in [-0.15, -0.1) is 0 Å². The van der Waals surface area contributed by atoms with Crippen LogP contribution in [0.4, 0.5) is 0 Å². The summed E-state index contributed by atoms with van der Waals surface area (Å²) in [7, 11) is 1.94. The number of nitrogens with one attached hydrogen (secondary N) is 2. The number of hydrogen-bond acceptors (Lipinski definition) is 3. The molecule has 2 heterocycles. The summed E-state index contributed by atoms with van der Waals surface area (Å²) in [4.78, 5) is 14.4. The van der Waals surface area contributed by atoms with E-state index in [9.17, 15) is 9.90 Å². The summed E-state index contributed by atoms with van der Waals surface area (Å²) < 4.78 is 0. The molecule has 1 aliphatic carbocycles. The van der Waals surface area contributed by atoms with Gasteiger partial charge in [-0.1, -0.05) is 0 Å². The van der Waals surface area contributed by atoms with Gasteiger partial charge in [0.15, 0.2) is 0 Å². The fourth-order valence-electron chi connectivity index (χ4n) is 2.75. The molecule has 0 radical (unpaired) electrons. The molecular formula is C12H15N3O2. The maximum Gasteiger partial charge on any atom is 0.337 e. The number of hydrazine groups is 1. The summed E-state index contributed by atoms with van der Waals surface area (Å²) in [6, 6.07) is 0. The molecule has 5 nitrogen and oxygen atoms in total. The third-order valence-electron chi connectivity index (χ3n) is 3.53. The Kier molecular flexibility index (Phi) is 2.22. The van der Waals surface area contributed by atoms with E-state index < -0.39 is 5.97 Å². The van der Waals surface area contributed by atoms with Crippen molar-refractivity contribution in [2.24, 2.45) is 0 Å². The molecule has 0 unspecified atom stereocenters. The van der Waals surface area contributed by atoms with Gasteiger partial charge in [0.2, 0.25) is 0 Å². The first kappa shape index (κ1) is 10.4. The van der Waals surface area contributed by atoms with Gasteiger partial charge in [-0.25, -0.2) is 10.2 Å². The van der Waals surface area contributed by atoms with Crippen LogP contribution in [0.2, 0.25) is 0 Å². The Morgan fingerprint density at radius 1 is 1.47 bits per heavy atom. The molecule has 17 heavy (non-hydrogen) atoms. The smallest absolute Gasteiger partial charge is 0.337 e. The number of hydrogen-bond donors (Lipinski definition) is 3. The minimum absolute atomic E-state index is 0.380. The second-order valence-corrected chi connectivity index (χ2v) is 4.56. The van der Waals surface area contributed by atoms with Crippen molar-refractivity contribution in [2.45, 2.75) is 19.3 Å². The number of rotatable bonds is 1. The number of aromatic nitrogens is 1. The first-order valence-corrected chi connectivity index (χ1v) is 5.81. The van der Waals surface area contributed by atoms with Crippen molar-refractivity contribution in [2.75, 3.05) is 13.6 Å².